The molecule has 0 spiro atoms. The van der Waals surface area contributed by atoms with Gasteiger partial charge in [-0.1, -0.05) is 0 Å². The highest BCUT2D eigenvalue weighted by molar-refractivity contribution is 5.73. The van der Waals surface area contributed by atoms with Crippen molar-refractivity contribution in [3.8, 4) is 0 Å². The molecule has 0 aromatic rings. The van der Waals surface area contributed by atoms with Gasteiger partial charge in [-0.05, 0) is 0 Å². The normalized spacial score (nSPS) is 50.2. The van der Waals surface area contributed by atoms with Gasteiger partial charge in [0.25, 0.3) is 0 Å². The van der Waals surface area contributed by atoms with Crippen molar-refractivity contribution in [2.45, 2.75) is 130 Å². The first-order valence-electron chi connectivity index (χ1n) is 15.1. The summed E-state index contributed by atoms with van der Waals surface area (Å²) in [7, 11) is 0. The molecule has 1 amide bonds. The molecule has 48 heavy (non-hydrogen) atoms. The van der Waals surface area contributed by atoms with E-state index >= 15 is 0 Å². The summed E-state index contributed by atoms with van der Waals surface area (Å²) < 4.78 is 38.6. The fraction of sp³-hybridized carbons (Fsp3) is 0.962. The highest BCUT2D eigenvalue weighted by Gasteiger charge is 2.55. The molecule has 0 aromatic carbocycles. The van der Waals surface area contributed by atoms with Crippen LogP contribution in [-0.2, 0) is 38.0 Å². The Morgan fingerprint density at radius 2 is 0.958 bits per heavy atom. The Bertz CT molecular complexity index is 1030. The zero-order chi connectivity index (χ0) is 35.6. The number of carbonyl (C=O) groups excluding carboxylic acids is 1. The maximum atomic E-state index is 11.6. The van der Waals surface area contributed by atoms with Crippen LogP contribution in [0.2, 0.25) is 0 Å². The van der Waals surface area contributed by atoms with Crippen LogP contribution in [0.15, 0.2) is 0 Å². The highest BCUT2D eigenvalue weighted by atomic mass is 16.8. The van der Waals surface area contributed by atoms with Gasteiger partial charge < -0.3 is 105 Å². The molecule has 4 aliphatic rings. The van der Waals surface area contributed by atoms with Gasteiger partial charge in [-0.2, -0.15) is 0 Å². The van der Waals surface area contributed by atoms with E-state index in [2.05, 4.69) is 5.32 Å². The van der Waals surface area contributed by atoms with Gasteiger partial charge >= 0.3 is 0 Å². The van der Waals surface area contributed by atoms with Crippen molar-refractivity contribution in [2.75, 3.05) is 26.4 Å². The second-order valence-corrected chi connectivity index (χ2v) is 11.9. The molecule has 22 heteroatoms. The van der Waals surface area contributed by atoms with Crippen LogP contribution in [0.1, 0.15) is 6.92 Å². The Kier molecular flexibility index (Phi) is 13.8. The second kappa shape index (κ2) is 16.8. The monoisotopic (exact) mass is 707 g/mol. The Morgan fingerprint density at radius 1 is 0.500 bits per heavy atom. The van der Waals surface area contributed by atoms with Crippen molar-refractivity contribution < 1.29 is 104 Å². The maximum Gasteiger partial charge on any atom is 0.217 e. The van der Waals surface area contributed by atoms with Crippen molar-refractivity contribution in [1.82, 2.24) is 5.32 Å². The number of rotatable bonds is 11. The molecule has 14 N–H and O–H groups in total. The van der Waals surface area contributed by atoms with Gasteiger partial charge in [0.2, 0.25) is 5.91 Å². The molecule has 4 rings (SSSR count). The van der Waals surface area contributed by atoms with E-state index in [0.29, 0.717) is 0 Å². The minimum Gasteiger partial charge on any atom is -0.394 e. The average molecular weight is 708 g/mol. The lowest BCUT2D eigenvalue weighted by Gasteiger charge is -2.49. The standard InChI is InChI=1S/C26H45NO21/c1-6(32)27-11-15(36)20(10(5-31)42-23(11)41)46-25-19(40)21(14(35)9(4-30)44-25)47-26-22(17(38)13(34)8(3-29)45-26)48-24-18(39)16(37)12(33)7(2-28)43-24/h7-26,28-31,33-41H,2-5H2,1H3,(H,27,32)/t7-,8-,9-,10-,11-,12-,13-,14-,15-,16+,17+,18+,19+,20-,21+,22+,23+,24-,25+,26-/m1/s1. The number of carbonyl (C=O) groups is 1. The third kappa shape index (κ3) is 8.08. The SMILES string of the molecule is CC(=O)N[C@@H]1[C@@H](O)[C@H](O[C@@H]2O[C@H](CO)[C@@H](O)[C@H](O[C@H]3O[C@H](CO)[C@@H](O)[C@H](O)[C@@H]3O[C@H]3O[C@H](CO)[C@@H](O)[C@H](O)[C@@H]3O)[C@@H]2O)[C@@H](CO)O[C@@H]1O. The molecule has 4 heterocycles. The van der Waals surface area contributed by atoms with E-state index in [1.54, 1.807) is 0 Å². The summed E-state index contributed by atoms with van der Waals surface area (Å²) >= 11 is 0. The van der Waals surface area contributed by atoms with E-state index < -0.39 is 155 Å². The van der Waals surface area contributed by atoms with Crippen LogP contribution in [0.25, 0.3) is 0 Å². The van der Waals surface area contributed by atoms with Crippen molar-refractivity contribution >= 4 is 5.91 Å². The summed E-state index contributed by atoms with van der Waals surface area (Å²) in [5.74, 6) is -0.671. The third-order valence-electron chi connectivity index (χ3n) is 8.61. The lowest BCUT2D eigenvalue weighted by atomic mass is 9.95. The van der Waals surface area contributed by atoms with Crippen LogP contribution in [0.3, 0.4) is 0 Å². The summed E-state index contributed by atoms with van der Waals surface area (Å²) in [5, 5.41) is 137. The summed E-state index contributed by atoms with van der Waals surface area (Å²) in [6.45, 7) is -2.38. The first-order valence-corrected chi connectivity index (χ1v) is 15.1. The number of hydrogen-bond donors (Lipinski definition) is 14. The van der Waals surface area contributed by atoms with E-state index in [9.17, 15) is 71.2 Å². The smallest absolute Gasteiger partial charge is 0.217 e. The van der Waals surface area contributed by atoms with E-state index in [1.807, 2.05) is 0 Å². The first kappa shape index (κ1) is 39.5. The van der Waals surface area contributed by atoms with Crippen LogP contribution < -0.4 is 5.32 Å². The van der Waals surface area contributed by atoms with Crippen LogP contribution in [0, 0.1) is 0 Å². The third-order valence-corrected chi connectivity index (χ3v) is 8.61. The minimum atomic E-state index is -2.06. The first-order chi connectivity index (χ1) is 22.7. The predicted octanol–water partition coefficient (Wildman–Crippen LogP) is -9.61. The van der Waals surface area contributed by atoms with Crippen LogP contribution >= 0.6 is 0 Å². The maximum absolute atomic E-state index is 11.6. The van der Waals surface area contributed by atoms with Gasteiger partial charge in [-0.3, -0.25) is 4.79 Å². The molecular weight excluding hydrogens is 662 g/mol. The minimum absolute atomic E-state index is 0.671. The van der Waals surface area contributed by atoms with Gasteiger partial charge in [-0.25, -0.2) is 0 Å². The van der Waals surface area contributed by atoms with Gasteiger partial charge in [0.1, 0.15) is 97.6 Å². The van der Waals surface area contributed by atoms with Gasteiger partial charge in [0, 0.05) is 6.92 Å². The molecule has 280 valence electrons. The van der Waals surface area contributed by atoms with Crippen LogP contribution in [0.4, 0.5) is 0 Å². The van der Waals surface area contributed by atoms with Crippen LogP contribution in [0.5, 0.6) is 0 Å². The van der Waals surface area contributed by atoms with E-state index in [4.69, 9.17) is 33.2 Å². The lowest BCUT2D eigenvalue weighted by Crippen LogP contribution is -2.68. The van der Waals surface area contributed by atoms with E-state index in [0.717, 1.165) is 6.92 Å². The van der Waals surface area contributed by atoms with E-state index in [-0.39, 0.29) is 0 Å². The number of hydrogen-bond acceptors (Lipinski definition) is 21. The van der Waals surface area contributed by atoms with Gasteiger partial charge in [-0.15, -0.1) is 0 Å². The largest absolute Gasteiger partial charge is 0.394 e. The number of nitrogens with one attached hydrogen (secondary N) is 1. The topological polar surface area (TPSA) is 357 Å². The fourth-order valence-electron chi connectivity index (χ4n) is 5.92. The molecule has 0 radical (unpaired) electrons. The number of ether oxygens (including phenoxy) is 7. The van der Waals surface area contributed by atoms with Crippen molar-refractivity contribution in [1.29, 1.82) is 0 Å². The average Bonchev–Trinajstić information content (AvgIpc) is 3.06. The van der Waals surface area contributed by atoms with Crippen molar-refractivity contribution in [3.63, 3.8) is 0 Å². The quantitative estimate of drug-likeness (QED) is 0.0947. The zero-order valence-corrected chi connectivity index (χ0v) is 25.5. The Labute approximate surface area is 272 Å². The van der Waals surface area contributed by atoms with E-state index in [1.165, 1.54) is 0 Å². The molecule has 22 nitrogen and oxygen atoms in total. The molecule has 0 unspecified atom stereocenters. The molecular formula is C26H45NO21. The fourth-order valence-corrected chi connectivity index (χ4v) is 5.92. The Morgan fingerprint density at radius 3 is 1.50 bits per heavy atom. The molecule has 20 atom stereocenters. The summed E-state index contributed by atoms with van der Waals surface area (Å²) in [6, 6.07) is -1.47. The van der Waals surface area contributed by atoms with Crippen molar-refractivity contribution in [2.24, 2.45) is 0 Å². The molecule has 0 aliphatic carbocycles. The molecule has 0 saturated carbocycles. The molecule has 4 fully saturated rings. The number of aliphatic hydroxyl groups is 13. The molecule has 0 aromatic heterocycles. The Balaban J connectivity index is 1.59. The van der Waals surface area contributed by atoms with Gasteiger partial charge in [0.05, 0.1) is 26.4 Å². The summed E-state index contributed by atoms with van der Waals surface area (Å²) in [5.41, 5.74) is 0. The number of aliphatic hydroxyl groups excluding tert-OH is 13. The lowest BCUT2D eigenvalue weighted by molar-refractivity contribution is -0.394. The number of amides is 1. The van der Waals surface area contributed by atoms with Crippen molar-refractivity contribution in [3.05, 3.63) is 0 Å². The molecule has 4 aliphatic heterocycles. The molecule has 0 bridgehead atoms. The summed E-state index contributed by atoms with van der Waals surface area (Å²) in [4.78, 5) is 11.6. The van der Waals surface area contributed by atoms with Crippen LogP contribution in [-0.4, -0.2) is 221 Å². The highest BCUT2D eigenvalue weighted by Crippen LogP contribution is 2.34. The zero-order valence-electron chi connectivity index (χ0n) is 25.5. The van der Waals surface area contributed by atoms with Gasteiger partial charge in [0.15, 0.2) is 25.2 Å². The Hall–Kier alpha value is -1.33. The molecule has 4 saturated heterocycles. The predicted molar refractivity (Wildman–Crippen MR) is 145 cm³/mol. The summed E-state index contributed by atoms with van der Waals surface area (Å²) in [6.07, 6.45) is -34.2. The second-order valence-electron chi connectivity index (χ2n) is 11.9.